The minimum absolute atomic E-state index is 0.108. The van der Waals surface area contributed by atoms with E-state index in [-0.39, 0.29) is 5.60 Å². The highest BCUT2D eigenvalue weighted by Crippen LogP contribution is 2.39. The molecule has 25 heavy (non-hydrogen) atoms. The molecule has 1 aromatic heterocycles. The fraction of sp³-hybridized carbons (Fsp3) is 0.550. The highest BCUT2D eigenvalue weighted by molar-refractivity contribution is 5.34. The van der Waals surface area contributed by atoms with Gasteiger partial charge < -0.3 is 14.4 Å². The molecule has 5 heteroatoms. The zero-order chi connectivity index (χ0) is 17.3. The van der Waals surface area contributed by atoms with E-state index in [2.05, 4.69) is 34.1 Å². The molecular formula is C20H27N3O2. The van der Waals surface area contributed by atoms with Crippen LogP contribution >= 0.6 is 0 Å². The average molecular weight is 341 g/mol. The fourth-order valence-electron chi connectivity index (χ4n) is 4.20. The molecule has 134 valence electrons. The lowest BCUT2D eigenvalue weighted by molar-refractivity contribution is -0.173. The normalized spacial score (nSPS) is 26.8. The molecule has 1 spiro atoms. The zero-order valence-electron chi connectivity index (χ0n) is 14.9. The Hall–Kier alpha value is -1.69. The van der Waals surface area contributed by atoms with Crippen LogP contribution in [-0.2, 0) is 11.3 Å². The van der Waals surface area contributed by atoms with E-state index >= 15 is 0 Å². The molecule has 0 amide bonds. The van der Waals surface area contributed by atoms with E-state index in [1.165, 1.54) is 5.56 Å². The van der Waals surface area contributed by atoms with Gasteiger partial charge in [0.1, 0.15) is 0 Å². The number of piperidine rings is 1. The van der Waals surface area contributed by atoms with Gasteiger partial charge in [0.15, 0.2) is 0 Å². The van der Waals surface area contributed by atoms with Gasteiger partial charge in [-0.1, -0.05) is 12.1 Å². The molecule has 1 unspecified atom stereocenters. The summed E-state index contributed by atoms with van der Waals surface area (Å²) in [6.07, 6.45) is 9.11. The molecule has 2 saturated heterocycles. The number of hydrogen-bond acceptors (Lipinski definition) is 4. The first kappa shape index (κ1) is 16.8. The quantitative estimate of drug-likeness (QED) is 0.933. The number of likely N-dealkylation sites (tertiary alicyclic amines) is 1. The number of imidazole rings is 1. The second-order valence-corrected chi connectivity index (χ2v) is 7.87. The van der Waals surface area contributed by atoms with Crippen LogP contribution in [0, 0.1) is 0 Å². The molecule has 1 atom stereocenters. The lowest BCUT2D eigenvalue weighted by Crippen LogP contribution is -2.53. The van der Waals surface area contributed by atoms with E-state index in [9.17, 15) is 5.11 Å². The van der Waals surface area contributed by atoms with Gasteiger partial charge in [-0.15, -0.1) is 0 Å². The number of aliphatic hydroxyl groups is 1. The first-order valence-electron chi connectivity index (χ1n) is 9.20. The van der Waals surface area contributed by atoms with E-state index in [4.69, 9.17) is 4.74 Å². The van der Waals surface area contributed by atoms with E-state index < -0.39 is 5.60 Å². The summed E-state index contributed by atoms with van der Waals surface area (Å²) in [7, 11) is 0. The summed E-state index contributed by atoms with van der Waals surface area (Å²) in [5.74, 6) is 0. The van der Waals surface area contributed by atoms with Gasteiger partial charge in [-0.25, -0.2) is 4.98 Å². The van der Waals surface area contributed by atoms with Crippen LogP contribution in [0.2, 0.25) is 0 Å². The molecule has 2 aromatic rings. The van der Waals surface area contributed by atoms with Crippen LogP contribution in [-0.4, -0.2) is 50.5 Å². The lowest BCUT2D eigenvalue weighted by atomic mass is 9.78. The van der Waals surface area contributed by atoms with Gasteiger partial charge in [0.05, 0.1) is 24.1 Å². The average Bonchev–Trinajstić information content (AvgIpc) is 3.11. The predicted molar refractivity (Wildman–Crippen MR) is 96.6 cm³/mol. The third kappa shape index (κ3) is 3.78. The summed E-state index contributed by atoms with van der Waals surface area (Å²) >= 11 is 0. The second kappa shape index (κ2) is 6.56. The van der Waals surface area contributed by atoms with Crippen LogP contribution in [0.15, 0.2) is 43.0 Å². The molecule has 0 saturated carbocycles. The van der Waals surface area contributed by atoms with Crippen molar-refractivity contribution in [1.82, 2.24) is 14.5 Å². The summed E-state index contributed by atoms with van der Waals surface area (Å²) in [5, 5.41) is 10.4. The summed E-state index contributed by atoms with van der Waals surface area (Å²) in [6.45, 7) is 5.66. The van der Waals surface area contributed by atoms with Gasteiger partial charge in [0.2, 0.25) is 0 Å². The predicted octanol–water partition coefficient (Wildman–Crippen LogP) is 2.77. The van der Waals surface area contributed by atoms with Gasteiger partial charge >= 0.3 is 0 Å². The highest BCUT2D eigenvalue weighted by Gasteiger charge is 2.44. The third-order valence-corrected chi connectivity index (χ3v) is 5.66. The first-order valence-corrected chi connectivity index (χ1v) is 9.20. The van der Waals surface area contributed by atoms with Gasteiger partial charge in [0.25, 0.3) is 0 Å². The van der Waals surface area contributed by atoms with E-state index in [1.54, 1.807) is 6.20 Å². The van der Waals surface area contributed by atoms with Crippen molar-refractivity contribution in [2.45, 2.75) is 50.4 Å². The molecule has 5 nitrogen and oxygen atoms in total. The standard InChI is InChI=1S/C20H27N3O2/c1-19(24)8-13-25-20(15-19)6-10-22(11-7-20)14-17-2-4-18(5-3-17)23-12-9-21-16-23/h2-5,9,12,16,24H,6-8,10-11,13-15H2,1H3. The molecule has 4 rings (SSSR count). The maximum Gasteiger partial charge on any atom is 0.0991 e. The van der Waals surface area contributed by atoms with Crippen LogP contribution < -0.4 is 0 Å². The molecule has 0 aliphatic carbocycles. The largest absolute Gasteiger partial charge is 0.390 e. The van der Waals surface area contributed by atoms with Crippen molar-refractivity contribution in [2.24, 2.45) is 0 Å². The number of hydrogen-bond donors (Lipinski definition) is 1. The molecule has 1 N–H and O–H groups in total. The minimum atomic E-state index is -0.566. The smallest absolute Gasteiger partial charge is 0.0991 e. The van der Waals surface area contributed by atoms with Crippen molar-refractivity contribution in [3.8, 4) is 5.69 Å². The summed E-state index contributed by atoms with van der Waals surface area (Å²) in [5.41, 5.74) is 1.79. The Morgan fingerprint density at radius 1 is 1.16 bits per heavy atom. The van der Waals surface area contributed by atoms with Gasteiger partial charge in [-0.3, -0.25) is 4.90 Å². The van der Waals surface area contributed by atoms with Crippen LogP contribution in [0.1, 0.15) is 38.2 Å². The topological polar surface area (TPSA) is 50.5 Å². The van der Waals surface area contributed by atoms with Crippen molar-refractivity contribution in [1.29, 1.82) is 0 Å². The highest BCUT2D eigenvalue weighted by atomic mass is 16.5. The summed E-state index contributed by atoms with van der Waals surface area (Å²) in [4.78, 5) is 6.58. The third-order valence-electron chi connectivity index (χ3n) is 5.66. The molecular weight excluding hydrogens is 314 g/mol. The number of nitrogens with zero attached hydrogens (tertiary/aromatic N) is 3. The van der Waals surface area contributed by atoms with Crippen molar-refractivity contribution in [3.63, 3.8) is 0 Å². The van der Waals surface area contributed by atoms with Gasteiger partial charge in [0, 0.05) is 44.1 Å². The molecule has 2 fully saturated rings. The van der Waals surface area contributed by atoms with Crippen LogP contribution in [0.25, 0.3) is 5.69 Å². The molecule has 3 heterocycles. The van der Waals surface area contributed by atoms with Crippen LogP contribution in [0.5, 0.6) is 0 Å². The van der Waals surface area contributed by atoms with Crippen LogP contribution in [0.3, 0.4) is 0 Å². The molecule has 2 aliphatic rings. The Morgan fingerprint density at radius 3 is 2.56 bits per heavy atom. The Labute approximate surface area is 149 Å². The molecule has 0 radical (unpaired) electrons. The van der Waals surface area contributed by atoms with Gasteiger partial charge in [-0.05, 0) is 43.9 Å². The van der Waals surface area contributed by atoms with E-state index in [0.717, 1.165) is 51.0 Å². The number of aromatic nitrogens is 2. The van der Waals surface area contributed by atoms with E-state index in [0.29, 0.717) is 6.61 Å². The van der Waals surface area contributed by atoms with E-state index in [1.807, 2.05) is 24.0 Å². The Morgan fingerprint density at radius 2 is 1.92 bits per heavy atom. The van der Waals surface area contributed by atoms with Crippen molar-refractivity contribution < 1.29 is 9.84 Å². The zero-order valence-corrected chi connectivity index (χ0v) is 14.9. The van der Waals surface area contributed by atoms with Crippen molar-refractivity contribution >= 4 is 0 Å². The number of ether oxygens (including phenoxy) is 1. The van der Waals surface area contributed by atoms with Crippen molar-refractivity contribution in [3.05, 3.63) is 48.5 Å². The number of benzene rings is 1. The monoisotopic (exact) mass is 341 g/mol. The van der Waals surface area contributed by atoms with Crippen LogP contribution in [0.4, 0.5) is 0 Å². The molecule has 2 aliphatic heterocycles. The van der Waals surface area contributed by atoms with Crippen molar-refractivity contribution in [2.75, 3.05) is 19.7 Å². The SMILES string of the molecule is CC1(O)CCOC2(CCN(Cc3ccc(-n4ccnc4)cc3)CC2)C1. The lowest BCUT2D eigenvalue weighted by Gasteiger charge is -2.48. The molecule has 0 bridgehead atoms. The number of rotatable bonds is 3. The maximum absolute atomic E-state index is 10.4. The summed E-state index contributed by atoms with van der Waals surface area (Å²) in [6, 6.07) is 8.68. The fourth-order valence-corrected chi connectivity index (χ4v) is 4.20. The summed E-state index contributed by atoms with van der Waals surface area (Å²) < 4.78 is 8.12. The second-order valence-electron chi connectivity index (χ2n) is 7.87. The molecule has 1 aromatic carbocycles. The minimum Gasteiger partial charge on any atom is -0.390 e. The Kier molecular flexibility index (Phi) is 4.40. The Balaban J connectivity index is 1.34. The Bertz CT molecular complexity index is 686. The maximum atomic E-state index is 10.4. The van der Waals surface area contributed by atoms with Gasteiger partial charge in [-0.2, -0.15) is 0 Å². The first-order chi connectivity index (χ1) is 12.0.